The second-order valence-corrected chi connectivity index (χ2v) is 6.65. The summed E-state index contributed by atoms with van der Waals surface area (Å²) in [7, 11) is 1.65. The van der Waals surface area contributed by atoms with Crippen molar-refractivity contribution in [3.8, 4) is 17.4 Å². The Morgan fingerprint density at radius 3 is 3.07 bits per heavy atom. The summed E-state index contributed by atoms with van der Waals surface area (Å²) in [6.45, 7) is 3.44. The highest BCUT2D eigenvalue weighted by atomic mass is 16.5. The molecule has 1 aliphatic rings. The number of carbonyl (C=O) groups is 1. The summed E-state index contributed by atoms with van der Waals surface area (Å²) in [4.78, 5) is 20.4. The van der Waals surface area contributed by atoms with Crippen LogP contribution in [0.25, 0.3) is 11.6 Å². The molecule has 0 saturated heterocycles. The van der Waals surface area contributed by atoms with Gasteiger partial charge in [-0.1, -0.05) is 19.1 Å². The van der Waals surface area contributed by atoms with E-state index in [2.05, 4.69) is 38.5 Å². The summed E-state index contributed by atoms with van der Waals surface area (Å²) >= 11 is 0. The van der Waals surface area contributed by atoms with Gasteiger partial charge in [-0.2, -0.15) is 0 Å². The molecule has 2 aromatic heterocycles. The number of methoxy groups -OCH3 is 1. The largest absolute Gasteiger partial charge is 0.497 e. The Bertz CT molecular complexity index is 961. The van der Waals surface area contributed by atoms with Crippen molar-refractivity contribution in [1.82, 2.24) is 30.0 Å². The number of nitrogens with one attached hydrogen (secondary N) is 2. The van der Waals surface area contributed by atoms with E-state index in [-0.39, 0.29) is 11.8 Å². The number of ether oxygens (including phenoxy) is 1. The molecule has 0 unspecified atom stereocenters. The van der Waals surface area contributed by atoms with Gasteiger partial charge in [0.15, 0.2) is 11.6 Å². The Morgan fingerprint density at radius 2 is 2.26 bits per heavy atom. The van der Waals surface area contributed by atoms with Crippen LogP contribution in [0.5, 0.6) is 5.75 Å². The van der Waals surface area contributed by atoms with Gasteiger partial charge < -0.3 is 19.6 Å². The summed E-state index contributed by atoms with van der Waals surface area (Å²) in [5, 5.41) is 11.1. The maximum absolute atomic E-state index is 12.5. The maximum atomic E-state index is 12.5. The molecule has 0 saturated carbocycles. The van der Waals surface area contributed by atoms with E-state index in [9.17, 15) is 4.79 Å². The van der Waals surface area contributed by atoms with Gasteiger partial charge in [0.05, 0.1) is 7.11 Å². The van der Waals surface area contributed by atoms with E-state index >= 15 is 0 Å². The molecule has 8 nitrogen and oxygen atoms in total. The van der Waals surface area contributed by atoms with E-state index in [1.807, 2.05) is 22.8 Å². The normalized spacial score (nSPS) is 16.5. The highest BCUT2D eigenvalue weighted by molar-refractivity contribution is 5.94. The molecule has 4 rings (SSSR count). The smallest absolute Gasteiger partial charge is 0.271 e. The Labute approximate surface area is 157 Å². The lowest BCUT2D eigenvalue weighted by molar-refractivity contribution is 0.0950. The zero-order chi connectivity index (χ0) is 18.8. The molecule has 0 bridgehead atoms. The van der Waals surface area contributed by atoms with E-state index in [1.165, 1.54) is 0 Å². The van der Waals surface area contributed by atoms with Crippen molar-refractivity contribution in [2.24, 2.45) is 0 Å². The molecule has 27 heavy (non-hydrogen) atoms. The van der Waals surface area contributed by atoms with Crippen molar-refractivity contribution in [2.75, 3.05) is 13.7 Å². The van der Waals surface area contributed by atoms with Gasteiger partial charge in [-0.3, -0.25) is 4.79 Å². The number of hydrogen-bond donors (Lipinski definition) is 2. The summed E-state index contributed by atoms with van der Waals surface area (Å²) in [5.41, 5.74) is 2.37. The first-order valence-electron chi connectivity index (χ1n) is 9.08. The monoisotopic (exact) mass is 366 g/mol. The lowest BCUT2D eigenvalue weighted by Crippen LogP contribution is -2.26. The predicted octanol–water partition coefficient (Wildman–Crippen LogP) is 2.16. The third-order valence-corrected chi connectivity index (χ3v) is 4.81. The highest BCUT2D eigenvalue weighted by Crippen LogP contribution is 2.28. The predicted molar refractivity (Wildman–Crippen MR) is 99.7 cm³/mol. The second-order valence-electron chi connectivity index (χ2n) is 6.65. The lowest BCUT2D eigenvalue weighted by atomic mass is 9.94. The number of fused-ring (bicyclic) bond motifs is 1. The van der Waals surface area contributed by atoms with Gasteiger partial charge in [0.25, 0.3) is 5.91 Å². The van der Waals surface area contributed by atoms with Crippen LogP contribution in [0, 0.1) is 0 Å². The second kappa shape index (κ2) is 7.22. The van der Waals surface area contributed by atoms with Crippen LogP contribution in [0.3, 0.4) is 0 Å². The summed E-state index contributed by atoms with van der Waals surface area (Å²) in [6.07, 6.45) is 3.33. The van der Waals surface area contributed by atoms with Crippen LogP contribution in [-0.2, 0) is 13.0 Å². The zero-order valence-electron chi connectivity index (χ0n) is 15.4. The van der Waals surface area contributed by atoms with E-state index in [0.717, 1.165) is 30.0 Å². The molecule has 0 spiro atoms. The standard InChI is InChI=1S/C19H22N6O2/c1-3-7-25-11-21-24-18(25)17-22-15-9-13(10-20-19(26)16(15)23-17)12-5-4-6-14(8-12)27-2/h4-6,8,11,13H,3,7,9-10H2,1-2H3,(H,20,26)(H,22,23)/t13-/m0/s1. The molecule has 0 radical (unpaired) electrons. The number of nitrogens with zero attached hydrogens (tertiary/aromatic N) is 4. The van der Waals surface area contributed by atoms with E-state index < -0.39 is 0 Å². The first-order chi connectivity index (χ1) is 13.2. The minimum atomic E-state index is -0.167. The van der Waals surface area contributed by atoms with Crippen molar-refractivity contribution < 1.29 is 9.53 Å². The minimum absolute atomic E-state index is 0.132. The van der Waals surface area contributed by atoms with Crippen LogP contribution < -0.4 is 10.1 Å². The number of H-pyrrole nitrogens is 1. The molecule has 140 valence electrons. The van der Waals surface area contributed by atoms with Gasteiger partial charge in [0.2, 0.25) is 0 Å². The van der Waals surface area contributed by atoms with Gasteiger partial charge >= 0.3 is 0 Å². The number of hydrogen-bond acceptors (Lipinski definition) is 5. The molecule has 3 aromatic rings. The van der Waals surface area contributed by atoms with E-state index in [4.69, 9.17) is 4.74 Å². The minimum Gasteiger partial charge on any atom is -0.497 e. The molecule has 0 fully saturated rings. The SMILES string of the molecule is CCCn1cnnc1-c1nc2c([nH]1)C[C@H](c1cccc(OC)c1)CNC2=O. The number of aromatic nitrogens is 5. The van der Waals surface area contributed by atoms with Crippen LogP contribution in [0.4, 0.5) is 0 Å². The number of carbonyl (C=O) groups excluding carboxylic acids is 1. The van der Waals surface area contributed by atoms with Gasteiger partial charge in [-0.15, -0.1) is 10.2 Å². The van der Waals surface area contributed by atoms with Crippen molar-refractivity contribution in [3.05, 3.63) is 47.5 Å². The number of benzene rings is 1. The number of aryl methyl sites for hydroxylation is 1. The molecule has 0 aliphatic carbocycles. The highest BCUT2D eigenvalue weighted by Gasteiger charge is 2.27. The molecule has 1 amide bonds. The first-order valence-corrected chi connectivity index (χ1v) is 9.08. The van der Waals surface area contributed by atoms with Crippen molar-refractivity contribution in [3.63, 3.8) is 0 Å². The molecular formula is C19H22N6O2. The maximum Gasteiger partial charge on any atom is 0.271 e. The van der Waals surface area contributed by atoms with Gasteiger partial charge in [0, 0.05) is 24.7 Å². The van der Waals surface area contributed by atoms with Crippen LogP contribution in [-0.4, -0.2) is 44.3 Å². The van der Waals surface area contributed by atoms with E-state index in [0.29, 0.717) is 30.3 Å². The molecule has 1 aromatic carbocycles. The zero-order valence-corrected chi connectivity index (χ0v) is 15.4. The van der Waals surface area contributed by atoms with Crippen molar-refractivity contribution in [1.29, 1.82) is 0 Å². The topological polar surface area (TPSA) is 97.7 Å². The molecule has 1 atom stereocenters. The quantitative estimate of drug-likeness (QED) is 0.721. The van der Waals surface area contributed by atoms with Crippen molar-refractivity contribution in [2.45, 2.75) is 32.2 Å². The Hall–Kier alpha value is -3.16. The third kappa shape index (κ3) is 3.30. The molecule has 8 heteroatoms. The molecule has 3 heterocycles. The number of rotatable bonds is 5. The fourth-order valence-corrected chi connectivity index (χ4v) is 3.44. The lowest BCUT2D eigenvalue weighted by Gasteiger charge is -2.15. The van der Waals surface area contributed by atoms with Crippen LogP contribution in [0.15, 0.2) is 30.6 Å². The molecular weight excluding hydrogens is 344 g/mol. The summed E-state index contributed by atoms with van der Waals surface area (Å²) < 4.78 is 7.27. The summed E-state index contributed by atoms with van der Waals surface area (Å²) in [6, 6.07) is 7.95. The average molecular weight is 366 g/mol. The van der Waals surface area contributed by atoms with Gasteiger partial charge in [-0.05, 0) is 30.5 Å². The fraction of sp³-hybridized carbons (Fsp3) is 0.368. The third-order valence-electron chi connectivity index (χ3n) is 4.81. The van der Waals surface area contributed by atoms with Crippen LogP contribution in [0.2, 0.25) is 0 Å². The van der Waals surface area contributed by atoms with Crippen LogP contribution in [0.1, 0.15) is 41.0 Å². The van der Waals surface area contributed by atoms with E-state index in [1.54, 1.807) is 13.4 Å². The number of aromatic amines is 1. The first kappa shape index (κ1) is 17.3. The van der Waals surface area contributed by atoms with Gasteiger partial charge in [-0.25, -0.2) is 4.98 Å². The Kier molecular flexibility index (Phi) is 4.62. The Balaban J connectivity index is 1.68. The van der Waals surface area contributed by atoms with Crippen molar-refractivity contribution >= 4 is 5.91 Å². The fourth-order valence-electron chi connectivity index (χ4n) is 3.44. The number of imidazole rings is 1. The summed E-state index contributed by atoms with van der Waals surface area (Å²) in [5.74, 6) is 2.00. The number of amides is 1. The van der Waals surface area contributed by atoms with Crippen LogP contribution >= 0.6 is 0 Å². The average Bonchev–Trinajstić information content (AvgIpc) is 3.28. The molecule has 1 aliphatic heterocycles. The Morgan fingerprint density at radius 1 is 1.37 bits per heavy atom. The molecule has 2 N–H and O–H groups in total. The van der Waals surface area contributed by atoms with Gasteiger partial charge in [0.1, 0.15) is 17.8 Å².